The van der Waals surface area contributed by atoms with Crippen molar-refractivity contribution in [2.75, 3.05) is 20.1 Å². The number of rotatable bonds is 4. The summed E-state index contributed by atoms with van der Waals surface area (Å²) in [5.41, 5.74) is 0. The molecule has 1 heterocycles. The quantitative estimate of drug-likeness (QED) is 0.687. The Kier molecular flexibility index (Phi) is 4.02. The van der Waals surface area contributed by atoms with Crippen LogP contribution in [0.2, 0.25) is 0 Å². The van der Waals surface area contributed by atoms with E-state index in [9.17, 15) is 0 Å². The van der Waals surface area contributed by atoms with Crippen LogP contribution in [0.4, 0.5) is 0 Å². The highest BCUT2D eigenvalue weighted by Gasteiger charge is 2.20. The van der Waals surface area contributed by atoms with E-state index in [0.29, 0.717) is 0 Å². The molecule has 72 valence electrons. The summed E-state index contributed by atoms with van der Waals surface area (Å²) in [5.74, 6) is 0. The first-order valence-corrected chi connectivity index (χ1v) is 5.17. The molecule has 0 saturated carbocycles. The zero-order chi connectivity index (χ0) is 8.97. The fraction of sp³-hybridized carbons (Fsp3) is 1.00. The summed E-state index contributed by atoms with van der Waals surface area (Å²) in [6.07, 6.45) is 3.97. The van der Waals surface area contributed by atoms with Crippen molar-refractivity contribution >= 4 is 0 Å². The maximum absolute atomic E-state index is 3.60. The lowest BCUT2D eigenvalue weighted by atomic mass is 10.2. The third-order valence-corrected chi connectivity index (χ3v) is 2.61. The smallest absolute Gasteiger partial charge is 0.0197 e. The van der Waals surface area contributed by atoms with Crippen molar-refractivity contribution in [3.05, 3.63) is 0 Å². The van der Waals surface area contributed by atoms with Crippen LogP contribution in [0.25, 0.3) is 0 Å². The van der Waals surface area contributed by atoms with E-state index in [1.165, 1.54) is 32.4 Å². The molecule has 0 amide bonds. The average Bonchev–Trinajstić information content (AvgIpc) is 2.36. The van der Waals surface area contributed by atoms with E-state index in [1.807, 2.05) is 0 Å². The lowest BCUT2D eigenvalue weighted by molar-refractivity contribution is 0.298. The molecule has 0 radical (unpaired) electrons. The molecule has 2 atom stereocenters. The Morgan fingerprint density at radius 1 is 1.42 bits per heavy atom. The Morgan fingerprint density at radius 2 is 2.17 bits per heavy atom. The maximum Gasteiger partial charge on any atom is 0.0197 e. The predicted molar refractivity (Wildman–Crippen MR) is 53.4 cm³/mol. The molecule has 2 unspecified atom stereocenters. The lowest BCUT2D eigenvalue weighted by Gasteiger charge is -2.20. The third-order valence-electron chi connectivity index (χ3n) is 2.61. The van der Waals surface area contributed by atoms with Crippen molar-refractivity contribution in [1.82, 2.24) is 10.2 Å². The standard InChI is InChI=1S/C10H22N2/c1-4-7-12(3)8-10-6-5-9(2)11-10/h9-11H,4-8H2,1-3H3. The van der Waals surface area contributed by atoms with Crippen LogP contribution in [0.3, 0.4) is 0 Å². The second-order valence-corrected chi connectivity index (χ2v) is 4.10. The Balaban J connectivity index is 2.14. The molecule has 1 aliphatic rings. The minimum Gasteiger partial charge on any atom is -0.310 e. The highest BCUT2D eigenvalue weighted by atomic mass is 15.1. The van der Waals surface area contributed by atoms with Crippen LogP contribution in [0.1, 0.15) is 33.1 Å². The minimum absolute atomic E-state index is 0.741. The van der Waals surface area contributed by atoms with E-state index in [2.05, 4.69) is 31.1 Å². The molecule has 1 N–H and O–H groups in total. The van der Waals surface area contributed by atoms with Gasteiger partial charge in [0.2, 0.25) is 0 Å². The van der Waals surface area contributed by atoms with Gasteiger partial charge in [-0.1, -0.05) is 6.92 Å². The molecular weight excluding hydrogens is 148 g/mol. The van der Waals surface area contributed by atoms with Gasteiger partial charge in [0.05, 0.1) is 0 Å². The zero-order valence-electron chi connectivity index (χ0n) is 8.64. The minimum atomic E-state index is 0.741. The van der Waals surface area contributed by atoms with Gasteiger partial charge in [-0.2, -0.15) is 0 Å². The monoisotopic (exact) mass is 170 g/mol. The fourth-order valence-electron chi connectivity index (χ4n) is 2.01. The van der Waals surface area contributed by atoms with Crippen LogP contribution < -0.4 is 5.32 Å². The van der Waals surface area contributed by atoms with Crippen LogP contribution in [0.5, 0.6) is 0 Å². The molecular formula is C10H22N2. The molecule has 2 nitrogen and oxygen atoms in total. The first-order valence-electron chi connectivity index (χ1n) is 5.17. The van der Waals surface area contributed by atoms with Gasteiger partial charge in [0.1, 0.15) is 0 Å². The SMILES string of the molecule is CCCN(C)CC1CCC(C)N1. The second-order valence-electron chi connectivity index (χ2n) is 4.10. The van der Waals surface area contributed by atoms with Gasteiger partial charge in [-0.3, -0.25) is 0 Å². The summed E-state index contributed by atoms with van der Waals surface area (Å²) in [6.45, 7) is 6.96. The first-order chi connectivity index (χ1) is 5.72. The summed E-state index contributed by atoms with van der Waals surface area (Å²) < 4.78 is 0. The third kappa shape index (κ3) is 3.11. The Morgan fingerprint density at radius 3 is 2.67 bits per heavy atom. The molecule has 0 aromatic heterocycles. The normalized spacial score (nSPS) is 30.0. The van der Waals surface area contributed by atoms with Gasteiger partial charge in [-0.05, 0) is 39.8 Å². The van der Waals surface area contributed by atoms with Crippen LogP contribution in [0, 0.1) is 0 Å². The Bertz CT molecular complexity index is 125. The van der Waals surface area contributed by atoms with Gasteiger partial charge in [0.15, 0.2) is 0 Å². The summed E-state index contributed by atoms with van der Waals surface area (Å²) in [7, 11) is 2.22. The van der Waals surface area contributed by atoms with E-state index in [1.54, 1.807) is 0 Å². The van der Waals surface area contributed by atoms with Crippen LogP contribution >= 0.6 is 0 Å². The van der Waals surface area contributed by atoms with Gasteiger partial charge in [-0.25, -0.2) is 0 Å². The van der Waals surface area contributed by atoms with E-state index >= 15 is 0 Å². The molecule has 12 heavy (non-hydrogen) atoms. The molecule has 2 heteroatoms. The van der Waals surface area contributed by atoms with Crippen molar-refractivity contribution in [1.29, 1.82) is 0 Å². The molecule has 0 spiro atoms. The van der Waals surface area contributed by atoms with Gasteiger partial charge in [0.25, 0.3) is 0 Å². The number of likely N-dealkylation sites (N-methyl/N-ethyl adjacent to an activating group) is 1. The van der Waals surface area contributed by atoms with E-state index < -0.39 is 0 Å². The summed E-state index contributed by atoms with van der Waals surface area (Å²) in [6, 6.07) is 1.49. The summed E-state index contributed by atoms with van der Waals surface area (Å²) in [5, 5.41) is 3.60. The molecule has 0 bridgehead atoms. The van der Waals surface area contributed by atoms with E-state index in [4.69, 9.17) is 0 Å². The van der Waals surface area contributed by atoms with E-state index in [-0.39, 0.29) is 0 Å². The Labute approximate surface area is 76.3 Å². The van der Waals surface area contributed by atoms with Crippen LogP contribution in [-0.2, 0) is 0 Å². The zero-order valence-corrected chi connectivity index (χ0v) is 8.64. The number of hydrogen-bond donors (Lipinski definition) is 1. The van der Waals surface area contributed by atoms with Crippen molar-refractivity contribution < 1.29 is 0 Å². The van der Waals surface area contributed by atoms with Gasteiger partial charge in [0, 0.05) is 18.6 Å². The van der Waals surface area contributed by atoms with Gasteiger partial charge >= 0.3 is 0 Å². The number of nitrogens with zero attached hydrogens (tertiary/aromatic N) is 1. The predicted octanol–water partition coefficient (Wildman–Crippen LogP) is 1.47. The lowest BCUT2D eigenvalue weighted by Crippen LogP contribution is -2.37. The number of nitrogens with one attached hydrogen (secondary N) is 1. The van der Waals surface area contributed by atoms with Gasteiger partial charge < -0.3 is 10.2 Å². The largest absolute Gasteiger partial charge is 0.310 e. The van der Waals surface area contributed by atoms with Crippen molar-refractivity contribution in [2.45, 2.75) is 45.2 Å². The Hall–Kier alpha value is -0.0800. The van der Waals surface area contributed by atoms with Gasteiger partial charge in [-0.15, -0.1) is 0 Å². The molecule has 1 fully saturated rings. The van der Waals surface area contributed by atoms with E-state index in [0.717, 1.165) is 12.1 Å². The summed E-state index contributed by atoms with van der Waals surface area (Å²) in [4.78, 5) is 2.43. The molecule has 0 aromatic rings. The topological polar surface area (TPSA) is 15.3 Å². The highest BCUT2D eigenvalue weighted by Crippen LogP contribution is 2.12. The molecule has 0 aromatic carbocycles. The molecule has 1 saturated heterocycles. The highest BCUT2D eigenvalue weighted by molar-refractivity contribution is 4.82. The maximum atomic E-state index is 3.60. The first kappa shape index (κ1) is 10.0. The number of hydrogen-bond acceptors (Lipinski definition) is 2. The fourth-order valence-corrected chi connectivity index (χ4v) is 2.01. The average molecular weight is 170 g/mol. The summed E-state index contributed by atoms with van der Waals surface area (Å²) >= 11 is 0. The van der Waals surface area contributed by atoms with Crippen molar-refractivity contribution in [2.24, 2.45) is 0 Å². The molecule has 1 rings (SSSR count). The van der Waals surface area contributed by atoms with Crippen LogP contribution in [0.15, 0.2) is 0 Å². The molecule has 1 aliphatic heterocycles. The van der Waals surface area contributed by atoms with Crippen molar-refractivity contribution in [3.63, 3.8) is 0 Å². The second kappa shape index (κ2) is 4.83. The molecule has 0 aliphatic carbocycles. The van der Waals surface area contributed by atoms with Crippen LogP contribution in [-0.4, -0.2) is 37.1 Å². The van der Waals surface area contributed by atoms with Crippen molar-refractivity contribution in [3.8, 4) is 0 Å².